The normalized spacial score (nSPS) is 12.9. The first-order valence-electron chi connectivity index (χ1n) is 12.6. The fraction of sp³-hybridized carbons (Fsp3) is 0.300. The van der Waals surface area contributed by atoms with Gasteiger partial charge in [-0.1, -0.05) is 74.8 Å². The Hall–Kier alpha value is -3.44. The molecule has 0 fully saturated rings. The van der Waals surface area contributed by atoms with Crippen molar-refractivity contribution in [1.29, 1.82) is 0 Å². The van der Waals surface area contributed by atoms with Gasteiger partial charge in [0, 0.05) is 11.6 Å². The van der Waals surface area contributed by atoms with Crippen molar-refractivity contribution < 1.29 is 4.79 Å². The first kappa shape index (κ1) is 25.6. The number of amides is 1. The number of halogens is 1. The predicted molar refractivity (Wildman–Crippen MR) is 147 cm³/mol. The Kier molecular flexibility index (Phi) is 8.21. The van der Waals surface area contributed by atoms with Gasteiger partial charge in [0.1, 0.15) is 5.82 Å². The van der Waals surface area contributed by atoms with E-state index in [1.54, 1.807) is 22.8 Å². The SMILES string of the molecule is CCCN(C(=O)C(CC)c1ccccc1)C(CC)c1nc2ccccc2c(=O)n1-c1ccc(Cl)cc1. The van der Waals surface area contributed by atoms with Crippen molar-refractivity contribution in [3.63, 3.8) is 0 Å². The molecule has 0 N–H and O–H groups in total. The number of hydrogen-bond acceptors (Lipinski definition) is 3. The average molecular weight is 502 g/mol. The van der Waals surface area contributed by atoms with Crippen LogP contribution < -0.4 is 5.56 Å². The van der Waals surface area contributed by atoms with Gasteiger partial charge in [0.2, 0.25) is 5.91 Å². The number of benzene rings is 3. The minimum atomic E-state index is -0.372. The van der Waals surface area contributed by atoms with Crippen molar-refractivity contribution in [1.82, 2.24) is 14.5 Å². The Labute approximate surface area is 217 Å². The second-order valence-electron chi connectivity index (χ2n) is 8.93. The molecule has 0 radical (unpaired) electrons. The fourth-order valence-corrected chi connectivity index (χ4v) is 4.98. The van der Waals surface area contributed by atoms with Gasteiger partial charge in [-0.3, -0.25) is 14.2 Å². The van der Waals surface area contributed by atoms with Crippen molar-refractivity contribution in [2.24, 2.45) is 0 Å². The van der Waals surface area contributed by atoms with Gasteiger partial charge in [-0.05, 0) is 61.2 Å². The van der Waals surface area contributed by atoms with Crippen molar-refractivity contribution in [2.75, 3.05) is 6.54 Å². The number of hydrogen-bond donors (Lipinski definition) is 0. The van der Waals surface area contributed by atoms with Gasteiger partial charge in [0.25, 0.3) is 5.56 Å². The van der Waals surface area contributed by atoms with Crippen molar-refractivity contribution in [2.45, 2.75) is 52.0 Å². The third-order valence-electron chi connectivity index (χ3n) is 6.60. The van der Waals surface area contributed by atoms with Crippen LogP contribution in [0.1, 0.15) is 63.4 Å². The van der Waals surface area contributed by atoms with E-state index >= 15 is 0 Å². The van der Waals surface area contributed by atoms with Gasteiger partial charge in [0.05, 0.1) is 28.6 Å². The van der Waals surface area contributed by atoms with Crippen LogP contribution in [0.3, 0.4) is 0 Å². The smallest absolute Gasteiger partial charge is 0.266 e. The Balaban J connectivity index is 1.91. The van der Waals surface area contributed by atoms with Crippen LogP contribution in [0.15, 0.2) is 83.7 Å². The topological polar surface area (TPSA) is 55.2 Å². The quantitative estimate of drug-likeness (QED) is 0.250. The Morgan fingerprint density at radius 2 is 1.58 bits per heavy atom. The van der Waals surface area contributed by atoms with Gasteiger partial charge in [0.15, 0.2) is 0 Å². The Morgan fingerprint density at radius 1 is 0.917 bits per heavy atom. The summed E-state index contributed by atoms with van der Waals surface area (Å²) >= 11 is 6.15. The van der Waals surface area contributed by atoms with Crippen LogP contribution in [0.5, 0.6) is 0 Å². The summed E-state index contributed by atoms with van der Waals surface area (Å²) in [5.74, 6) is 0.360. The highest BCUT2D eigenvalue weighted by atomic mass is 35.5. The van der Waals surface area contributed by atoms with Gasteiger partial charge in [-0.2, -0.15) is 0 Å². The Morgan fingerprint density at radius 3 is 2.22 bits per heavy atom. The first-order chi connectivity index (χ1) is 17.5. The van der Waals surface area contributed by atoms with Crippen molar-refractivity contribution in [3.05, 3.63) is 106 Å². The molecule has 3 aromatic carbocycles. The molecule has 2 atom stereocenters. The van der Waals surface area contributed by atoms with E-state index in [9.17, 15) is 9.59 Å². The highest BCUT2D eigenvalue weighted by molar-refractivity contribution is 6.30. The lowest BCUT2D eigenvalue weighted by Crippen LogP contribution is -2.41. The zero-order valence-corrected chi connectivity index (χ0v) is 21.8. The molecule has 0 aliphatic carbocycles. The van der Waals surface area contributed by atoms with E-state index in [4.69, 9.17) is 16.6 Å². The molecule has 2 unspecified atom stereocenters. The first-order valence-corrected chi connectivity index (χ1v) is 13.0. The summed E-state index contributed by atoms with van der Waals surface area (Å²) in [5.41, 5.74) is 2.15. The summed E-state index contributed by atoms with van der Waals surface area (Å²) in [7, 11) is 0. The van der Waals surface area contributed by atoms with E-state index in [0.29, 0.717) is 46.8 Å². The molecule has 1 amide bonds. The molecule has 186 valence electrons. The van der Waals surface area contributed by atoms with Crippen molar-refractivity contribution >= 4 is 28.4 Å². The van der Waals surface area contributed by atoms with Crippen LogP contribution in [0.25, 0.3) is 16.6 Å². The van der Waals surface area contributed by atoms with E-state index in [-0.39, 0.29) is 23.4 Å². The number of nitrogens with zero attached hydrogens (tertiary/aromatic N) is 3. The van der Waals surface area contributed by atoms with Crippen LogP contribution in [0.2, 0.25) is 5.02 Å². The summed E-state index contributed by atoms with van der Waals surface area (Å²) in [6.45, 7) is 6.72. The molecular formula is C30H32ClN3O2. The summed E-state index contributed by atoms with van der Waals surface area (Å²) in [6, 6.07) is 24.1. The number of aromatic nitrogens is 2. The van der Waals surface area contributed by atoms with Crippen LogP contribution in [0.4, 0.5) is 0 Å². The molecule has 0 spiro atoms. The van der Waals surface area contributed by atoms with Gasteiger partial charge in [-0.25, -0.2) is 4.98 Å². The number of rotatable bonds is 9. The van der Waals surface area contributed by atoms with Crippen LogP contribution in [0, 0.1) is 0 Å². The minimum absolute atomic E-state index is 0.0578. The standard InChI is InChI=1S/C30H32ClN3O2/c1-4-20-33(29(35)24(5-2)21-12-8-7-9-13-21)27(6-3)28-32-26-15-11-10-14-25(26)30(36)34(28)23-18-16-22(31)17-19-23/h7-19,24,27H,4-6,20H2,1-3H3. The molecule has 1 heterocycles. The van der Waals surface area contributed by atoms with E-state index in [1.165, 1.54) is 0 Å². The third kappa shape index (κ3) is 5.07. The molecule has 0 saturated heterocycles. The summed E-state index contributed by atoms with van der Waals surface area (Å²) < 4.78 is 1.65. The zero-order valence-electron chi connectivity index (χ0n) is 21.0. The summed E-state index contributed by atoms with van der Waals surface area (Å²) in [6.07, 6.45) is 2.11. The van der Waals surface area contributed by atoms with E-state index in [1.807, 2.05) is 79.4 Å². The zero-order chi connectivity index (χ0) is 25.7. The summed E-state index contributed by atoms with van der Waals surface area (Å²) in [5, 5.41) is 1.13. The maximum atomic E-state index is 14.1. The Bertz CT molecular complexity index is 1380. The number of para-hydroxylation sites is 1. The van der Waals surface area contributed by atoms with E-state index in [2.05, 4.69) is 6.92 Å². The molecule has 4 aromatic rings. The molecular weight excluding hydrogens is 470 g/mol. The molecule has 5 nitrogen and oxygen atoms in total. The lowest BCUT2D eigenvalue weighted by atomic mass is 9.94. The number of carbonyl (C=O) groups is 1. The van der Waals surface area contributed by atoms with Crippen LogP contribution in [-0.4, -0.2) is 26.9 Å². The fourth-order valence-electron chi connectivity index (χ4n) is 4.85. The molecule has 0 aliphatic heterocycles. The third-order valence-corrected chi connectivity index (χ3v) is 6.86. The molecule has 0 bridgehead atoms. The maximum absolute atomic E-state index is 14.1. The van der Waals surface area contributed by atoms with Gasteiger partial charge >= 0.3 is 0 Å². The van der Waals surface area contributed by atoms with E-state index in [0.717, 1.165) is 12.0 Å². The van der Waals surface area contributed by atoms with Crippen LogP contribution in [-0.2, 0) is 4.79 Å². The maximum Gasteiger partial charge on any atom is 0.266 e. The lowest BCUT2D eigenvalue weighted by molar-refractivity contribution is -0.135. The van der Waals surface area contributed by atoms with Crippen molar-refractivity contribution in [3.8, 4) is 5.69 Å². The highest BCUT2D eigenvalue weighted by Gasteiger charge is 2.32. The lowest BCUT2D eigenvalue weighted by Gasteiger charge is -2.34. The van der Waals surface area contributed by atoms with E-state index < -0.39 is 0 Å². The highest BCUT2D eigenvalue weighted by Crippen LogP contribution is 2.31. The molecule has 1 aromatic heterocycles. The summed E-state index contributed by atoms with van der Waals surface area (Å²) in [4.78, 5) is 34.8. The molecule has 6 heteroatoms. The molecule has 36 heavy (non-hydrogen) atoms. The second kappa shape index (κ2) is 11.5. The average Bonchev–Trinajstić information content (AvgIpc) is 2.90. The monoisotopic (exact) mass is 501 g/mol. The van der Waals surface area contributed by atoms with Crippen LogP contribution >= 0.6 is 11.6 Å². The largest absolute Gasteiger partial charge is 0.332 e. The minimum Gasteiger partial charge on any atom is -0.332 e. The van der Waals surface area contributed by atoms with Gasteiger partial charge in [-0.15, -0.1) is 0 Å². The number of carbonyl (C=O) groups excluding carboxylic acids is 1. The predicted octanol–water partition coefficient (Wildman–Crippen LogP) is 6.92. The van der Waals surface area contributed by atoms with Gasteiger partial charge < -0.3 is 4.90 Å². The molecule has 0 saturated carbocycles. The molecule has 4 rings (SSSR count). The number of fused-ring (bicyclic) bond motifs is 1. The second-order valence-corrected chi connectivity index (χ2v) is 9.37. The molecule has 0 aliphatic rings.